The van der Waals surface area contributed by atoms with Gasteiger partial charge in [0.05, 0.1) is 0 Å². The van der Waals surface area contributed by atoms with Gasteiger partial charge in [-0.05, 0) is 30.9 Å². The molecule has 0 saturated carbocycles. The average Bonchev–Trinajstić information content (AvgIpc) is 2.78. The smallest absolute Gasteiger partial charge is 0.0471 e. The van der Waals surface area contributed by atoms with Crippen molar-refractivity contribution >= 4 is 17.3 Å². The lowest BCUT2D eigenvalue weighted by Gasteiger charge is -2.22. The molecule has 4 heteroatoms. The van der Waals surface area contributed by atoms with E-state index in [1.54, 1.807) is 0 Å². The maximum Gasteiger partial charge on any atom is 0.0471 e. The van der Waals surface area contributed by atoms with E-state index < -0.39 is 0 Å². The van der Waals surface area contributed by atoms with Gasteiger partial charge in [-0.3, -0.25) is 0 Å². The first-order chi connectivity index (χ1) is 8.26. The first kappa shape index (κ1) is 12.7. The van der Waals surface area contributed by atoms with Crippen molar-refractivity contribution in [1.82, 2.24) is 0 Å². The van der Waals surface area contributed by atoms with Crippen molar-refractivity contribution in [2.75, 3.05) is 24.6 Å². The number of aliphatic hydroxyl groups is 1. The Hall–Kier alpha value is -0.770. The third-order valence-electron chi connectivity index (χ3n) is 3.46. The highest BCUT2D eigenvalue weighted by atomic mass is 35.5. The van der Waals surface area contributed by atoms with Gasteiger partial charge in [0.15, 0.2) is 0 Å². The summed E-state index contributed by atoms with van der Waals surface area (Å²) in [6.45, 7) is 2.76. The molecule has 1 heterocycles. The van der Waals surface area contributed by atoms with Crippen LogP contribution in [0.15, 0.2) is 18.2 Å². The van der Waals surface area contributed by atoms with E-state index >= 15 is 0 Å². The normalized spacial score (nSPS) is 19.9. The van der Waals surface area contributed by atoms with Gasteiger partial charge in [-0.2, -0.15) is 0 Å². The average molecular weight is 255 g/mol. The fourth-order valence-corrected chi connectivity index (χ4v) is 2.76. The molecule has 1 aliphatic rings. The summed E-state index contributed by atoms with van der Waals surface area (Å²) in [7, 11) is 0. The molecule has 0 spiro atoms. The molecule has 0 aliphatic carbocycles. The third-order valence-corrected chi connectivity index (χ3v) is 3.82. The molecule has 3 N–H and O–H groups in total. The molecule has 94 valence electrons. The molecule has 2 rings (SSSR count). The van der Waals surface area contributed by atoms with Gasteiger partial charge in [-0.25, -0.2) is 0 Å². The molecule has 1 atom stereocenters. The number of hydrogen-bond acceptors (Lipinski definition) is 3. The van der Waals surface area contributed by atoms with Gasteiger partial charge in [-0.15, -0.1) is 0 Å². The Balaban J connectivity index is 2.15. The van der Waals surface area contributed by atoms with Crippen LogP contribution in [0.1, 0.15) is 18.4 Å². The molecule has 17 heavy (non-hydrogen) atoms. The lowest BCUT2D eigenvalue weighted by molar-refractivity contribution is 0.263. The minimum atomic E-state index is 0.276. The van der Waals surface area contributed by atoms with Crippen LogP contribution in [-0.4, -0.2) is 24.8 Å². The number of nitrogens with zero attached hydrogens (tertiary/aromatic N) is 1. The van der Waals surface area contributed by atoms with E-state index in [2.05, 4.69) is 11.0 Å². The summed E-state index contributed by atoms with van der Waals surface area (Å²) in [6.07, 6.45) is 2.02. The minimum Gasteiger partial charge on any atom is -0.396 e. The molecule has 0 amide bonds. The van der Waals surface area contributed by atoms with Gasteiger partial charge in [-0.1, -0.05) is 17.7 Å². The van der Waals surface area contributed by atoms with Gasteiger partial charge in [0.2, 0.25) is 0 Å². The summed E-state index contributed by atoms with van der Waals surface area (Å²) in [4.78, 5) is 2.33. The highest BCUT2D eigenvalue weighted by Crippen LogP contribution is 2.31. The maximum atomic E-state index is 8.97. The van der Waals surface area contributed by atoms with E-state index in [9.17, 15) is 0 Å². The first-order valence-corrected chi connectivity index (χ1v) is 6.47. The van der Waals surface area contributed by atoms with Crippen LogP contribution in [0.2, 0.25) is 5.02 Å². The highest BCUT2D eigenvalue weighted by Gasteiger charge is 2.23. The van der Waals surface area contributed by atoms with E-state index in [0.717, 1.165) is 42.2 Å². The van der Waals surface area contributed by atoms with E-state index in [-0.39, 0.29) is 6.61 Å². The monoisotopic (exact) mass is 254 g/mol. The zero-order valence-corrected chi connectivity index (χ0v) is 10.7. The molecule has 3 nitrogen and oxygen atoms in total. The van der Waals surface area contributed by atoms with Crippen LogP contribution >= 0.6 is 11.6 Å². The van der Waals surface area contributed by atoms with Crippen molar-refractivity contribution in [2.45, 2.75) is 19.4 Å². The SMILES string of the molecule is NCc1c(Cl)cccc1N1CCC(CCO)C1. The Morgan fingerprint density at radius 1 is 1.47 bits per heavy atom. The Bertz CT molecular complexity index is 384. The van der Waals surface area contributed by atoms with Crippen molar-refractivity contribution in [3.63, 3.8) is 0 Å². The topological polar surface area (TPSA) is 49.5 Å². The molecule has 1 fully saturated rings. The Kier molecular flexibility index (Phi) is 4.26. The summed E-state index contributed by atoms with van der Waals surface area (Å²) in [5, 5.41) is 9.71. The zero-order valence-electron chi connectivity index (χ0n) is 9.90. The molecule has 0 aromatic heterocycles. The fourth-order valence-electron chi connectivity index (χ4n) is 2.52. The molecule has 1 aromatic rings. The largest absolute Gasteiger partial charge is 0.396 e. The van der Waals surface area contributed by atoms with Crippen molar-refractivity contribution in [2.24, 2.45) is 11.7 Å². The van der Waals surface area contributed by atoms with Gasteiger partial charge < -0.3 is 15.7 Å². The summed E-state index contributed by atoms with van der Waals surface area (Å²) >= 11 is 6.16. The Morgan fingerprint density at radius 2 is 2.29 bits per heavy atom. The van der Waals surface area contributed by atoms with Gasteiger partial charge in [0.25, 0.3) is 0 Å². The van der Waals surface area contributed by atoms with E-state index in [1.165, 1.54) is 0 Å². The summed E-state index contributed by atoms with van der Waals surface area (Å²) in [5.41, 5.74) is 7.94. The lowest BCUT2D eigenvalue weighted by Crippen LogP contribution is -2.22. The van der Waals surface area contributed by atoms with Crippen LogP contribution in [0.3, 0.4) is 0 Å². The minimum absolute atomic E-state index is 0.276. The van der Waals surface area contributed by atoms with E-state index in [1.807, 2.05) is 12.1 Å². The van der Waals surface area contributed by atoms with Crippen LogP contribution in [0.25, 0.3) is 0 Å². The fraction of sp³-hybridized carbons (Fsp3) is 0.538. The Labute approximate surface area is 107 Å². The van der Waals surface area contributed by atoms with Gasteiger partial charge in [0.1, 0.15) is 0 Å². The number of aliphatic hydroxyl groups excluding tert-OH is 1. The number of nitrogens with two attached hydrogens (primary N) is 1. The van der Waals surface area contributed by atoms with Crippen molar-refractivity contribution in [1.29, 1.82) is 0 Å². The van der Waals surface area contributed by atoms with Crippen molar-refractivity contribution < 1.29 is 5.11 Å². The summed E-state index contributed by atoms with van der Waals surface area (Å²) < 4.78 is 0. The summed E-state index contributed by atoms with van der Waals surface area (Å²) in [6, 6.07) is 5.93. The van der Waals surface area contributed by atoms with Crippen molar-refractivity contribution in [3.8, 4) is 0 Å². The standard InChI is InChI=1S/C13H19ClN2O/c14-12-2-1-3-13(11(12)8-15)16-6-4-10(9-16)5-7-17/h1-3,10,17H,4-9,15H2. The van der Waals surface area contributed by atoms with Crippen LogP contribution in [0.5, 0.6) is 0 Å². The quantitative estimate of drug-likeness (QED) is 0.864. The Morgan fingerprint density at radius 3 is 3.00 bits per heavy atom. The second-order valence-corrected chi connectivity index (χ2v) is 4.96. The number of halogens is 1. The van der Waals surface area contributed by atoms with Gasteiger partial charge in [0, 0.05) is 42.5 Å². The molecule has 1 aromatic carbocycles. The van der Waals surface area contributed by atoms with Crippen LogP contribution in [-0.2, 0) is 6.54 Å². The molecule has 1 aliphatic heterocycles. The van der Waals surface area contributed by atoms with Gasteiger partial charge >= 0.3 is 0 Å². The second kappa shape index (κ2) is 5.71. The molecule has 1 unspecified atom stereocenters. The number of benzene rings is 1. The molecule has 0 bridgehead atoms. The maximum absolute atomic E-state index is 8.97. The number of anilines is 1. The van der Waals surface area contributed by atoms with E-state index in [4.69, 9.17) is 22.4 Å². The van der Waals surface area contributed by atoms with E-state index in [0.29, 0.717) is 12.5 Å². The summed E-state index contributed by atoms with van der Waals surface area (Å²) in [5.74, 6) is 0.588. The number of hydrogen-bond donors (Lipinski definition) is 2. The molecular weight excluding hydrogens is 236 g/mol. The number of rotatable bonds is 4. The third kappa shape index (κ3) is 2.73. The molecule has 1 saturated heterocycles. The first-order valence-electron chi connectivity index (χ1n) is 6.09. The molecule has 0 radical (unpaired) electrons. The predicted molar refractivity (Wildman–Crippen MR) is 71.4 cm³/mol. The van der Waals surface area contributed by atoms with Crippen LogP contribution < -0.4 is 10.6 Å². The second-order valence-electron chi connectivity index (χ2n) is 4.55. The zero-order chi connectivity index (χ0) is 12.3. The highest BCUT2D eigenvalue weighted by molar-refractivity contribution is 6.31. The molecular formula is C13H19ClN2O. The van der Waals surface area contributed by atoms with Crippen molar-refractivity contribution in [3.05, 3.63) is 28.8 Å². The van der Waals surface area contributed by atoms with Crippen LogP contribution in [0, 0.1) is 5.92 Å². The van der Waals surface area contributed by atoms with Crippen LogP contribution in [0.4, 0.5) is 5.69 Å². The predicted octanol–water partition coefficient (Wildman–Crippen LogP) is 2.01. The lowest BCUT2D eigenvalue weighted by atomic mass is 10.1.